The van der Waals surface area contributed by atoms with Gasteiger partial charge in [-0.3, -0.25) is 9.59 Å². The van der Waals surface area contributed by atoms with Crippen molar-refractivity contribution in [2.75, 3.05) is 19.8 Å². The van der Waals surface area contributed by atoms with E-state index in [9.17, 15) is 14.0 Å². The normalized spacial score (nSPS) is 22.1. The van der Waals surface area contributed by atoms with E-state index in [1.165, 1.54) is 4.90 Å². The van der Waals surface area contributed by atoms with Crippen molar-refractivity contribution in [1.82, 2.24) is 10.2 Å². The Labute approximate surface area is 88.8 Å². The summed E-state index contributed by atoms with van der Waals surface area (Å²) in [5.41, 5.74) is 0. The van der Waals surface area contributed by atoms with E-state index < -0.39 is 12.7 Å². The third-order valence-corrected chi connectivity index (χ3v) is 2.43. The average Bonchev–Trinajstić information content (AvgIpc) is 2.17. The summed E-state index contributed by atoms with van der Waals surface area (Å²) in [5, 5.41) is 2.52. The highest BCUT2D eigenvalue weighted by Crippen LogP contribution is 2.14. The van der Waals surface area contributed by atoms with Crippen LogP contribution in [0.2, 0.25) is 0 Å². The fourth-order valence-corrected chi connectivity index (χ4v) is 1.75. The lowest BCUT2D eigenvalue weighted by atomic mass is 10.00. The Bertz CT molecular complexity index is 256. The van der Waals surface area contributed by atoms with Gasteiger partial charge in [-0.05, 0) is 12.3 Å². The maximum Gasteiger partial charge on any atom is 0.243 e. The van der Waals surface area contributed by atoms with Crippen LogP contribution in [0.15, 0.2) is 0 Å². The molecule has 1 N–H and O–H groups in total. The Morgan fingerprint density at radius 1 is 1.53 bits per heavy atom. The molecular formula is C10H17FN2O2. The summed E-state index contributed by atoms with van der Waals surface area (Å²) in [7, 11) is 0. The van der Waals surface area contributed by atoms with Gasteiger partial charge >= 0.3 is 0 Å². The van der Waals surface area contributed by atoms with Crippen LogP contribution < -0.4 is 5.32 Å². The Kier molecular flexibility index (Phi) is 4.05. The topological polar surface area (TPSA) is 49.4 Å². The molecule has 0 aromatic heterocycles. The summed E-state index contributed by atoms with van der Waals surface area (Å²) in [4.78, 5) is 24.3. The highest BCUT2D eigenvalue weighted by molar-refractivity contribution is 5.94. The van der Waals surface area contributed by atoms with E-state index in [0.29, 0.717) is 12.3 Å². The van der Waals surface area contributed by atoms with Crippen LogP contribution in [-0.2, 0) is 9.59 Å². The molecule has 0 aliphatic carbocycles. The summed E-state index contributed by atoms with van der Waals surface area (Å²) in [6.07, 6.45) is 0.581. The van der Waals surface area contributed by atoms with Gasteiger partial charge in [0.15, 0.2) is 0 Å². The van der Waals surface area contributed by atoms with Gasteiger partial charge < -0.3 is 10.2 Å². The molecule has 1 heterocycles. The number of rotatable bonds is 4. The summed E-state index contributed by atoms with van der Waals surface area (Å²) in [5.74, 6) is -0.0663. The number of hydrogen-bond donors (Lipinski definition) is 1. The van der Waals surface area contributed by atoms with Gasteiger partial charge in [-0.2, -0.15) is 0 Å². The van der Waals surface area contributed by atoms with Crippen molar-refractivity contribution < 1.29 is 14.0 Å². The van der Waals surface area contributed by atoms with E-state index in [1.807, 2.05) is 13.8 Å². The van der Waals surface area contributed by atoms with Gasteiger partial charge in [0.25, 0.3) is 0 Å². The van der Waals surface area contributed by atoms with Gasteiger partial charge in [0, 0.05) is 6.54 Å². The van der Waals surface area contributed by atoms with Crippen LogP contribution in [0, 0.1) is 5.92 Å². The highest BCUT2D eigenvalue weighted by Gasteiger charge is 2.34. The Morgan fingerprint density at radius 2 is 2.20 bits per heavy atom. The van der Waals surface area contributed by atoms with Crippen molar-refractivity contribution >= 4 is 11.8 Å². The van der Waals surface area contributed by atoms with Crippen molar-refractivity contribution in [3.8, 4) is 0 Å². The minimum absolute atomic E-state index is 0.00652. The Hall–Kier alpha value is -1.13. The zero-order chi connectivity index (χ0) is 11.4. The van der Waals surface area contributed by atoms with Crippen LogP contribution in [0.5, 0.6) is 0 Å². The van der Waals surface area contributed by atoms with Gasteiger partial charge in [0.2, 0.25) is 11.8 Å². The van der Waals surface area contributed by atoms with Gasteiger partial charge in [0.1, 0.15) is 12.7 Å². The lowest BCUT2D eigenvalue weighted by Crippen LogP contribution is -2.59. The van der Waals surface area contributed by atoms with Crippen LogP contribution in [0.1, 0.15) is 20.3 Å². The molecule has 1 fully saturated rings. The second-order valence-electron chi connectivity index (χ2n) is 4.14. The summed E-state index contributed by atoms with van der Waals surface area (Å²) >= 11 is 0. The molecule has 1 unspecified atom stereocenters. The van der Waals surface area contributed by atoms with E-state index in [2.05, 4.69) is 5.32 Å². The first-order chi connectivity index (χ1) is 7.06. The third kappa shape index (κ3) is 2.91. The number of amides is 2. The quantitative estimate of drug-likeness (QED) is 0.736. The van der Waals surface area contributed by atoms with Crippen molar-refractivity contribution in [1.29, 1.82) is 0 Å². The molecule has 1 saturated heterocycles. The number of halogens is 1. The predicted molar refractivity (Wildman–Crippen MR) is 53.9 cm³/mol. The molecule has 0 spiro atoms. The van der Waals surface area contributed by atoms with Crippen LogP contribution in [0.4, 0.5) is 4.39 Å². The molecule has 4 nitrogen and oxygen atoms in total. The SMILES string of the molecule is CC(C)CC1C(=O)NCC(=O)N1CCF. The number of alkyl halides is 1. The first kappa shape index (κ1) is 11.9. The molecule has 0 aromatic rings. The second-order valence-corrected chi connectivity index (χ2v) is 4.14. The number of hydrogen-bond acceptors (Lipinski definition) is 2. The zero-order valence-corrected chi connectivity index (χ0v) is 9.12. The lowest BCUT2D eigenvalue weighted by Gasteiger charge is -2.35. The minimum Gasteiger partial charge on any atom is -0.345 e. The standard InChI is InChI=1S/C10H17FN2O2/c1-7(2)5-8-10(15)12-6-9(14)13(8)4-3-11/h7-8H,3-6H2,1-2H3,(H,12,15). The summed E-state index contributed by atoms with van der Waals surface area (Å²) in [6.45, 7) is 3.35. The Morgan fingerprint density at radius 3 is 2.73 bits per heavy atom. The van der Waals surface area contributed by atoms with Crippen LogP contribution in [0.25, 0.3) is 0 Å². The maximum absolute atomic E-state index is 12.3. The Balaban J connectivity index is 2.73. The minimum atomic E-state index is -0.604. The summed E-state index contributed by atoms with van der Waals surface area (Å²) in [6, 6.07) is -0.498. The molecule has 1 atom stereocenters. The average molecular weight is 216 g/mol. The molecule has 0 radical (unpaired) electrons. The zero-order valence-electron chi connectivity index (χ0n) is 9.12. The smallest absolute Gasteiger partial charge is 0.243 e. The first-order valence-electron chi connectivity index (χ1n) is 5.19. The van der Waals surface area contributed by atoms with Gasteiger partial charge in [-0.1, -0.05) is 13.8 Å². The number of nitrogens with one attached hydrogen (secondary N) is 1. The van der Waals surface area contributed by atoms with E-state index in [1.54, 1.807) is 0 Å². The summed E-state index contributed by atoms with van der Waals surface area (Å²) < 4.78 is 12.3. The molecule has 0 saturated carbocycles. The second kappa shape index (κ2) is 5.09. The van der Waals surface area contributed by atoms with Crippen molar-refractivity contribution in [3.05, 3.63) is 0 Å². The largest absolute Gasteiger partial charge is 0.345 e. The molecule has 86 valence electrons. The van der Waals surface area contributed by atoms with Crippen LogP contribution in [0.3, 0.4) is 0 Å². The molecule has 2 amide bonds. The molecular weight excluding hydrogens is 199 g/mol. The molecule has 15 heavy (non-hydrogen) atoms. The molecule has 0 aromatic carbocycles. The van der Waals surface area contributed by atoms with E-state index in [-0.39, 0.29) is 24.9 Å². The molecule has 1 aliphatic heterocycles. The molecule has 1 aliphatic rings. The molecule has 5 heteroatoms. The van der Waals surface area contributed by atoms with E-state index in [0.717, 1.165) is 0 Å². The van der Waals surface area contributed by atoms with Crippen molar-refractivity contribution in [2.24, 2.45) is 5.92 Å². The highest BCUT2D eigenvalue weighted by atomic mass is 19.1. The number of nitrogens with zero attached hydrogens (tertiary/aromatic N) is 1. The fraction of sp³-hybridized carbons (Fsp3) is 0.800. The number of carbonyl (C=O) groups excluding carboxylic acids is 2. The van der Waals surface area contributed by atoms with E-state index >= 15 is 0 Å². The van der Waals surface area contributed by atoms with E-state index in [4.69, 9.17) is 0 Å². The van der Waals surface area contributed by atoms with Crippen molar-refractivity contribution in [2.45, 2.75) is 26.3 Å². The number of carbonyl (C=O) groups is 2. The lowest BCUT2D eigenvalue weighted by molar-refractivity contribution is -0.146. The molecule has 0 bridgehead atoms. The van der Waals surface area contributed by atoms with Gasteiger partial charge in [-0.25, -0.2) is 4.39 Å². The molecule has 1 rings (SSSR count). The number of piperazine rings is 1. The van der Waals surface area contributed by atoms with Gasteiger partial charge in [-0.15, -0.1) is 0 Å². The van der Waals surface area contributed by atoms with Crippen molar-refractivity contribution in [3.63, 3.8) is 0 Å². The maximum atomic E-state index is 12.3. The fourth-order valence-electron chi connectivity index (χ4n) is 1.75. The van der Waals surface area contributed by atoms with Crippen LogP contribution in [-0.4, -0.2) is 42.5 Å². The monoisotopic (exact) mass is 216 g/mol. The van der Waals surface area contributed by atoms with Gasteiger partial charge in [0.05, 0.1) is 6.54 Å². The first-order valence-corrected chi connectivity index (χ1v) is 5.19. The predicted octanol–water partition coefficient (Wildman–Crippen LogP) is 0.329. The third-order valence-electron chi connectivity index (χ3n) is 2.43. The van der Waals surface area contributed by atoms with Crippen LogP contribution >= 0.6 is 0 Å².